The summed E-state index contributed by atoms with van der Waals surface area (Å²) in [7, 11) is 0. The van der Waals surface area contributed by atoms with Gasteiger partial charge in [0.15, 0.2) is 5.65 Å². The highest BCUT2D eigenvalue weighted by Gasteiger charge is 2.34. The Hall–Kier alpha value is -4.55. The lowest BCUT2D eigenvalue weighted by molar-refractivity contribution is -0.128. The van der Waals surface area contributed by atoms with E-state index in [9.17, 15) is 9.59 Å². The lowest BCUT2D eigenvalue weighted by Crippen LogP contribution is -2.58. The summed E-state index contributed by atoms with van der Waals surface area (Å²) >= 11 is 6.83. The molecule has 0 bridgehead atoms. The fourth-order valence-electron chi connectivity index (χ4n) is 5.64. The third-order valence-electron chi connectivity index (χ3n) is 7.83. The summed E-state index contributed by atoms with van der Waals surface area (Å²) in [5, 5.41) is 0.671. The molecule has 1 fully saturated rings. The van der Waals surface area contributed by atoms with Crippen LogP contribution in [0.3, 0.4) is 0 Å². The van der Waals surface area contributed by atoms with Crippen molar-refractivity contribution in [3.05, 3.63) is 87.3 Å². The van der Waals surface area contributed by atoms with Crippen LogP contribution in [0.4, 0.5) is 10.2 Å². The quantitative estimate of drug-likeness (QED) is 0.218. The number of carbonyl (C=O) groups is 1. The highest BCUT2D eigenvalue weighted by atomic mass is 35.5. The maximum absolute atomic E-state index is 15.2. The minimum absolute atomic E-state index is 0.0237. The Labute approximate surface area is 254 Å². The van der Waals surface area contributed by atoms with Crippen molar-refractivity contribution in [2.75, 3.05) is 18.0 Å². The second-order valence-electron chi connectivity index (χ2n) is 11.1. The molecule has 0 saturated carbocycles. The summed E-state index contributed by atoms with van der Waals surface area (Å²) in [6.07, 6.45) is 8.60. The van der Waals surface area contributed by atoms with Crippen LogP contribution in [0.15, 0.2) is 54.0 Å². The average molecular weight is 599 g/mol. The number of hydrogen-bond donors (Lipinski definition) is 0. The number of benzene rings is 1. The number of rotatable bonds is 5. The zero-order valence-corrected chi connectivity index (χ0v) is 25.5. The second-order valence-corrected chi connectivity index (χ2v) is 11.6. The molecule has 0 spiro atoms. The lowest BCUT2D eigenvalue weighted by atomic mass is 10.0. The van der Waals surface area contributed by atoms with Gasteiger partial charge in [-0.15, -0.1) is 6.42 Å². The van der Waals surface area contributed by atoms with Crippen LogP contribution in [-0.4, -0.2) is 55.5 Å². The largest absolute Gasteiger partial charge is 0.355 e. The number of anilines is 1. The van der Waals surface area contributed by atoms with Crippen molar-refractivity contribution >= 4 is 34.4 Å². The molecule has 1 saturated heterocycles. The van der Waals surface area contributed by atoms with Crippen molar-refractivity contribution in [3.63, 3.8) is 0 Å². The SMILES string of the molecule is C#Cc1ccc(F)c(-c2nc3c(cc2Cl)c(N2C[C@@H](C)N(C(=O)C=C)C[C@@H]2C)nc(=O)n3-c2c(C)ccnc2C(C)C)c1. The first-order valence-corrected chi connectivity index (χ1v) is 14.4. The van der Waals surface area contributed by atoms with Gasteiger partial charge in [-0.05, 0) is 68.7 Å². The van der Waals surface area contributed by atoms with Gasteiger partial charge in [-0.3, -0.25) is 9.78 Å². The molecule has 4 heterocycles. The van der Waals surface area contributed by atoms with Crippen LogP contribution >= 0.6 is 11.6 Å². The first-order chi connectivity index (χ1) is 20.5. The molecule has 4 aromatic rings. The minimum Gasteiger partial charge on any atom is -0.349 e. The maximum Gasteiger partial charge on any atom is 0.355 e. The summed E-state index contributed by atoms with van der Waals surface area (Å²) in [4.78, 5) is 44.3. The Kier molecular flexibility index (Phi) is 8.08. The van der Waals surface area contributed by atoms with Crippen LogP contribution in [0.5, 0.6) is 0 Å². The molecule has 0 N–H and O–H groups in total. The zero-order valence-electron chi connectivity index (χ0n) is 24.7. The number of terminal acetylenes is 1. The highest BCUT2D eigenvalue weighted by molar-refractivity contribution is 6.34. The Morgan fingerprint density at radius 3 is 2.60 bits per heavy atom. The number of halogens is 2. The Bertz CT molecular complexity index is 1880. The molecule has 1 aromatic carbocycles. The molecular weight excluding hydrogens is 567 g/mol. The number of amides is 1. The average Bonchev–Trinajstić information content (AvgIpc) is 2.98. The van der Waals surface area contributed by atoms with Crippen molar-refractivity contribution < 1.29 is 9.18 Å². The number of fused-ring (bicyclic) bond motifs is 1. The van der Waals surface area contributed by atoms with E-state index in [0.717, 1.165) is 5.56 Å². The van der Waals surface area contributed by atoms with Crippen molar-refractivity contribution in [2.24, 2.45) is 0 Å². The van der Waals surface area contributed by atoms with E-state index in [1.807, 2.05) is 45.6 Å². The molecule has 1 aliphatic heterocycles. The molecule has 0 radical (unpaired) electrons. The van der Waals surface area contributed by atoms with E-state index in [1.54, 1.807) is 17.2 Å². The number of carbonyl (C=O) groups excluding carboxylic acids is 1. The smallest absolute Gasteiger partial charge is 0.349 e. The monoisotopic (exact) mass is 598 g/mol. The highest BCUT2D eigenvalue weighted by Crippen LogP contribution is 2.37. The summed E-state index contributed by atoms with van der Waals surface area (Å²) in [5.74, 6) is 2.16. The number of hydrogen-bond acceptors (Lipinski definition) is 6. The van der Waals surface area contributed by atoms with Gasteiger partial charge >= 0.3 is 5.69 Å². The fraction of sp³-hybridized carbons (Fsp3) is 0.303. The van der Waals surface area contributed by atoms with Gasteiger partial charge in [0.1, 0.15) is 11.6 Å². The molecule has 43 heavy (non-hydrogen) atoms. The number of piperazine rings is 1. The molecule has 1 aliphatic rings. The van der Waals surface area contributed by atoms with Gasteiger partial charge in [0, 0.05) is 42.5 Å². The van der Waals surface area contributed by atoms with Crippen LogP contribution < -0.4 is 10.6 Å². The molecular formula is C33H32ClFN6O2. The summed E-state index contributed by atoms with van der Waals surface area (Å²) in [6.45, 7) is 14.2. The van der Waals surface area contributed by atoms with Gasteiger partial charge in [-0.2, -0.15) is 4.98 Å². The number of nitrogens with zero attached hydrogens (tertiary/aromatic N) is 6. The molecule has 5 rings (SSSR count). The number of pyridine rings is 2. The normalized spacial score (nSPS) is 16.9. The molecule has 2 atom stereocenters. The summed E-state index contributed by atoms with van der Waals surface area (Å²) < 4.78 is 16.6. The maximum atomic E-state index is 15.2. The Balaban J connectivity index is 1.84. The molecule has 10 heteroatoms. The minimum atomic E-state index is -0.566. The van der Waals surface area contributed by atoms with Crippen molar-refractivity contribution in [3.8, 4) is 29.3 Å². The van der Waals surface area contributed by atoms with Gasteiger partial charge in [-0.1, -0.05) is 37.9 Å². The van der Waals surface area contributed by atoms with Crippen molar-refractivity contribution in [1.82, 2.24) is 24.4 Å². The van der Waals surface area contributed by atoms with E-state index in [1.165, 1.54) is 28.8 Å². The van der Waals surface area contributed by atoms with Crippen molar-refractivity contribution in [2.45, 2.75) is 52.6 Å². The van der Waals surface area contributed by atoms with Gasteiger partial charge in [0.2, 0.25) is 5.91 Å². The second kappa shape index (κ2) is 11.6. The third kappa shape index (κ3) is 5.28. The molecule has 3 aromatic heterocycles. The van der Waals surface area contributed by atoms with E-state index in [2.05, 4.69) is 22.5 Å². The van der Waals surface area contributed by atoms with E-state index in [0.29, 0.717) is 41.2 Å². The molecule has 1 amide bonds. The van der Waals surface area contributed by atoms with Gasteiger partial charge in [0.05, 0.1) is 27.5 Å². The Morgan fingerprint density at radius 1 is 1.19 bits per heavy atom. The predicted molar refractivity (Wildman–Crippen MR) is 168 cm³/mol. The van der Waals surface area contributed by atoms with Crippen LogP contribution in [0.25, 0.3) is 28.0 Å². The van der Waals surface area contributed by atoms with Crippen LogP contribution in [0, 0.1) is 25.1 Å². The molecule has 0 aliphatic carbocycles. The zero-order chi connectivity index (χ0) is 31.2. The van der Waals surface area contributed by atoms with Gasteiger partial charge in [-0.25, -0.2) is 18.7 Å². The number of aromatic nitrogens is 4. The van der Waals surface area contributed by atoms with E-state index < -0.39 is 11.5 Å². The van der Waals surface area contributed by atoms with Crippen molar-refractivity contribution in [1.29, 1.82) is 0 Å². The van der Waals surface area contributed by atoms with Crippen LogP contribution in [0.1, 0.15) is 50.4 Å². The molecule has 220 valence electrons. The van der Waals surface area contributed by atoms with Crippen LogP contribution in [-0.2, 0) is 4.79 Å². The first-order valence-electron chi connectivity index (χ1n) is 14.0. The van der Waals surface area contributed by atoms with Gasteiger partial charge in [0.25, 0.3) is 0 Å². The van der Waals surface area contributed by atoms with Gasteiger partial charge < -0.3 is 9.80 Å². The van der Waals surface area contributed by atoms with Crippen LogP contribution in [0.2, 0.25) is 5.02 Å². The Morgan fingerprint density at radius 2 is 1.93 bits per heavy atom. The van der Waals surface area contributed by atoms with E-state index in [-0.39, 0.29) is 45.8 Å². The van der Waals surface area contributed by atoms with E-state index >= 15 is 4.39 Å². The molecule has 8 nitrogen and oxygen atoms in total. The topological polar surface area (TPSA) is 84.2 Å². The lowest BCUT2D eigenvalue weighted by Gasteiger charge is -2.44. The number of aryl methyl sites for hydroxylation is 1. The summed E-state index contributed by atoms with van der Waals surface area (Å²) in [6, 6.07) is 7.39. The first kappa shape index (κ1) is 29.9. The fourth-order valence-corrected chi connectivity index (χ4v) is 5.90. The predicted octanol–water partition coefficient (Wildman–Crippen LogP) is 5.66. The third-order valence-corrected chi connectivity index (χ3v) is 8.12. The molecule has 0 unspecified atom stereocenters. The standard InChI is InChI=1S/C33H32ClFN6O2/c1-8-22-10-11-26(35)23(14-22)29-25(34)15-24-31(40-17-20(6)39(16-21(40)7)27(42)9-2)38-33(43)41(32(24)37-29)30-19(5)12-13-36-28(30)18(3)4/h1,9-15,18,20-21H,2,16-17H2,3-7H3/t20-,21+/m1/s1. The van der Waals surface area contributed by atoms with E-state index in [4.69, 9.17) is 23.0 Å². The summed E-state index contributed by atoms with van der Waals surface area (Å²) in [5.41, 5.74) is 2.46.